The van der Waals surface area contributed by atoms with Crippen molar-refractivity contribution in [2.24, 2.45) is 11.8 Å². The van der Waals surface area contributed by atoms with Crippen molar-refractivity contribution in [1.82, 2.24) is 19.9 Å². The molecular formula is C26H27FN6O4S. The van der Waals surface area contributed by atoms with Crippen molar-refractivity contribution in [3.05, 3.63) is 54.5 Å². The average molecular weight is 539 g/mol. The number of nitrogens with zero attached hydrogens (tertiary/aromatic N) is 4. The van der Waals surface area contributed by atoms with Crippen molar-refractivity contribution in [2.75, 3.05) is 16.6 Å². The van der Waals surface area contributed by atoms with Crippen LogP contribution in [0, 0.1) is 17.7 Å². The normalized spacial score (nSPS) is 23.9. The third-order valence-corrected chi connectivity index (χ3v) is 9.45. The molecule has 3 aliphatic carbocycles. The molecule has 10 nitrogen and oxygen atoms in total. The predicted molar refractivity (Wildman–Crippen MR) is 137 cm³/mol. The Balaban J connectivity index is 1.26. The van der Waals surface area contributed by atoms with E-state index in [1.54, 1.807) is 6.07 Å². The van der Waals surface area contributed by atoms with E-state index in [-0.39, 0.29) is 35.1 Å². The molecule has 0 bridgehead atoms. The van der Waals surface area contributed by atoms with E-state index < -0.39 is 26.5 Å². The number of nitrogens with one attached hydrogen (secondary N) is 2. The Labute approximate surface area is 219 Å². The van der Waals surface area contributed by atoms with Crippen LogP contribution in [-0.2, 0) is 20.2 Å². The summed E-state index contributed by atoms with van der Waals surface area (Å²) in [7, 11) is -3.52. The highest BCUT2D eigenvalue weighted by Gasteiger charge is 2.73. The molecule has 3 saturated carbocycles. The van der Waals surface area contributed by atoms with Gasteiger partial charge in [0.25, 0.3) is 0 Å². The SMILES string of the molecule is CCOc1cncc(-c2ccc(NC(=O)C3(c4nccc(NS(=O)(=O)C5CC5)n4)[C@@H]4CCC[C@@H]43)c(F)c2)n1. The topological polar surface area (TPSA) is 136 Å². The van der Waals surface area contributed by atoms with Crippen LogP contribution < -0.4 is 14.8 Å². The number of hydrogen-bond donors (Lipinski definition) is 2. The molecule has 3 fully saturated rings. The Morgan fingerprint density at radius 3 is 2.63 bits per heavy atom. The van der Waals surface area contributed by atoms with Crippen molar-refractivity contribution in [3.8, 4) is 17.1 Å². The van der Waals surface area contributed by atoms with Crippen molar-refractivity contribution >= 4 is 27.4 Å². The Morgan fingerprint density at radius 2 is 1.92 bits per heavy atom. The second-order valence-electron chi connectivity index (χ2n) is 9.95. The van der Waals surface area contributed by atoms with Crippen LogP contribution in [0.25, 0.3) is 11.3 Å². The maximum absolute atomic E-state index is 15.2. The summed E-state index contributed by atoms with van der Waals surface area (Å²) in [6.45, 7) is 2.26. The summed E-state index contributed by atoms with van der Waals surface area (Å²) in [5.74, 6) is -0.211. The molecule has 0 aliphatic heterocycles. The van der Waals surface area contributed by atoms with Crippen LogP contribution in [0.15, 0.2) is 42.9 Å². The number of sulfonamides is 1. The average Bonchev–Trinajstić information content (AvgIpc) is 3.81. The highest BCUT2D eigenvalue weighted by molar-refractivity contribution is 7.93. The van der Waals surface area contributed by atoms with Crippen molar-refractivity contribution in [1.29, 1.82) is 0 Å². The summed E-state index contributed by atoms with van der Waals surface area (Å²) < 4.78 is 47.9. The minimum absolute atomic E-state index is 0.0247. The fourth-order valence-corrected chi connectivity index (χ4v) is 6.98. The molecule has 1 aromatic carbocycles. The Hall–Kier alpha value is -3.67. The number of carbonyl (C=O) groups is 1. The zero-order valence-corrected chi connectivity index (χ0v) is 21.5. The number of amides is 1. The van der Waals surface area contributed by atoms with Crippen LogP contribution in [0.1, 0.15) is 44.9 Å². The van der Waals surface area contributed by atoms with Gasteiger partial charge in [-0.15, -0.1) is 0 Å². The zero-order chi connectivity index (χ0) is 26.5. The monoisotopic (exact) mass is 538 g/mol. The molecule has 12 heteroatoms. The zero-order valence-electron chi connectivity index (χ0n) is 20.7. The molecule has 0 radical (unpaired) electrons. The minimum Gasteiger partial charge on any atom is -0.477 e. The third-order valence-electron chi connectivity index (χ3n) is 7.61. The van der Waals surface area contributed by atoms with E-state index in [9.17, 15) is 13.2 Å². The molecule has 0 saturated heterocycles. The van der Waals surface area contributed by atoms with Gasteiger partial charge in [0, 0.05) is 11.8 Å². The molecule has 198 valence electrons. The van der Waals surface area contributed by atoms with E-state index in [1.165, 1.54) is 36.8 Å². The molecule has 0 spiro atoms. The molecule has 2 heterocycles. The van der Waals surface area contributed by atoms with Crippen LogP contribution in [0.4, 0.5) is 15.9 Å². The van der Waals surface area contributed by atoms with Crippen molar-refractivity contribution in [2.45, 2.75) is 49.7 Å². The number of rotatable bonds is 9. The first-order valence-electron chi connectivity index (χ1n) is 12.7. The maximum atomic E-state index is 15.2. The number of ether oxygens (including phenoxy) is 1. The summed E-state index contributed by atoms with van der Waals surface area (Å²) in [6, 6.07) is 5.92. The molecule has 2 aromatic heterocycles. The summed E-state index contributed by atoms with van der Waals surface area (Å²) in [5, 5.41) is 2.35. The highest BCUT2D eigenvalue weighted by atomic mass is 32.2. The highest BCUT2D eigenvalue weighted by Crippen LogP contribution is 2.67. The van der Waals surface area contributed by atoms with Crippen LogP contribution in [0.2, 0.25) is 0 Å². The van der Waals surface area contributed by atoms with E-state index in [0.717, 1.165) is 19.3 Å². The van der Waals surface area contributed by atoms with Gasteiger partial charge in [-0.3, -0.25) is 14.5 Å². The van der Waals surface area contributed by atoms with Crippen molar-refractivity contribution < 1.29 is 22.3 Å². The van der Waals surface area contributed by atoms with Gasteiger partial charge in [-0.1, -0.05) is 12.5 Å². The molecule has 3 atom stereocenters. The lowest BCUT2D eigenvalue weighted by atomic mass is 9.93. The summed E-state index contributed by atoms with van der Waals surface area (Å²) in [5.41, 5.74) is -0.0595. The number of hydrogen-bond acceptors (Lipinski definition) is 8. The second kappa shape index (κ2) is 9.26. The van der Waals surface area contributed by atoms with Crippen molar-refractivity contribution in [3.63, 3.8) is 0 Å². The number of halogens is 1. The van der Waals surface area contributed by atoms with E-state index in [1.807, 2.05) is 6.92 Å². The quantitative estimate of drug-likeness (QED) is 0.421. The summed E-state index contributed by atoms with van der Waals surface area (Å²) in [4.78, 5) is 31.0. The number of fused-ring (bicyclic) bond motifs is 1. The smallest absolute Gasteiger partial charge is 0.238 e. The molecular weight excluding hydrogens is 511 g/mol. The van der Waals surface area contributed by atoms with E-state index >= 15 is 4.39 Å². The van der Waals surface area contributed by atoms with Crippen LogP contribution >= 0.6 is 0 Å². The van der Waals surface area contributed by atoms with E-state index in [4.69, 9.17) is 4.74 Å². The first-order valence-corrected chi connectivity index (χ1v) is 14.3. The van der Waals surface area contributed by atoms with Crippen LogP contribution in [0.3, 0.4) is 0 Å². The lowest BCUT2D eigenvalue weighted by molar-refractivity contribution is -0.119. The molecule has 38 heavy (non-hydrogen) atoms. The van der Waals surface area contributed by atoms with Gasteiger partial charge in [0.05, 0.1) is 35.6 Å². The van der Waals surface area contributed by atoms with Gasteiger partial charge in [0.1, 0.15) is 22.9 Å². The molecule has 3 aromatic rings. The number of aromatic nitrogens is 4. The lowest BCUT2D eigenvalue weighted by Gasteiger charge is -2.20. The summed E-state index contributed by atoms with van der Waals surface area (Å²) in [6.07, 6.45) is 8.35. The fraction of sp³-hybridized carbons (Fsp3) is 0.423. The van der Waals surface area contributed by atoms with Gasteiger partial charge < -0.3 is 10.1 Å². The molecule has 1 unspecified atom stereocenters. The van der Waals surface area contributed by atoms with Gasteiger partial charge in [-0.2, -0.15) is 0 Å². The fourth-order valence-electron chi connectivity index (χ4n) is 5.65. The maximum Gasteiger partial charge on any atom is 0.238 e. The second-order valence-corrected chi connectivity index (χ2v) is 11.9. The van der Waals surface area contributed by atoms with Gasteiger partial charge in [0.15, 0.2) is 0 Å². The van der Waals surface area contributed by atoms with E-state index in [0.29, 0.717) is 36.6 Å². The first kappa shape index (κ1) is 24.7. The lowest BCUT2D eigenvalue weighted by Crippen LogP contribution is -2.34. The molecule has 6 rings (SSSR count). The predicted octanol–water partition coefficient (Wildman–Crippen LogP) is 3.68. The first-order chi connectivity index (χ1) is 18.3. The molecule has 3 aliphatic rings. The molecule has 2 N–H and O–H groups in total. The van der Waals surface area contributed by atoms with Gasteiger partial charge >= 0.3 is 0 Å². The Morgan fingerprint density at radius 1 is 1.13 bits per heavy atom. The van der Waals surface area contributed by atoms with Gasteiger partial charge in [0.2, 0.25) is 21.8 Å². The number of carbonyl (C=O) groups excluding carboxylic acids is 1. The largest absolute Gasteiger partial charge is 0.477 e. The minimum atomic E-state index is -3.52. The Kier molecular flexibility index (Phi) is 6.01. The van der Waals surface area contributed by atoms with Crippen LogP contribution in [-0.4, -0.2) is 46.1 Å². The van der Waals surface area contributed by atoms with E-state index in [2.05, 4.69) is 30.0 Å². The molecule has 1 amide bonds. The third kappa shape index (κ3) is 4.26. The van der Waals surface area contributed by atoms with Gasteiger partial charge in [-0.25, -0.2) is 27.8 Å². The number of anilines is 2. The number of benzene rings is 1. The van der Waals surface area contributed by atoms with Crippen LogP contribution in [0.5, 0.6) is 5.88 Å². The standard InChI is InChI=1S/C26H27FN6O4S/c1-2-37-23-14-28-13-21(30-23)15-6-9-20(19(27)12-15)31-25(34)26(17-4-3-5-18(17)26)24-29-11-10-22(32-24)33-38(35,36)16-7-8-16/h6,9-14,16-18H,2-5,7-8H2,1H3,(H,31,34)(H,29,32,33)/t17-,18+,26?. The Bertz CT molecular complexity index is 1500. The van der Waals surface area contributed by atoms with Gasteiger partial charge in [-0.05, 0) is 62.6 Å². The summed E-state index contributed by atoms with van der Waals surface area (Å²) >= 11 is 0.